The van der Waals surface area contributed by atoms with Crippen LogP contribution in [-0.2, 0) is 4.79 Å². The van der Waals surface area contributed by atoms with Crippen LogP contribution in [0.4, 0.5) is 5.69 Å². The van der Waals surface area contributed by atoms with Crippen LogP contribution in [-0.4, -0.2) is 10.9 Å². The number of fused-ring (bicyclic) bond motifs is 1. The highest BCUT2D eigenvalue weighted by Crippen LogP contribution is 2.19. The fourth-order valence-electron chi connectivity index (χ4n) is 2.26. The van der Waals surface area contributed by atoms with E-state index in [0.29, 0.717) is 5.02 Å². The minimum absolute atomic E-state index is 0.0766. The summed E-state index contributed by atoms with van der Waals surface area (Å²) in [5.74, 6) is -0.0766. The first-order valence-corrected chi connectivity index (χ1v) is 7.60. The normalized spacial score (nSPS) is 11.0. The van der Waals surface area contributed by atoms with E-state index < -0.39 is 0 Å². The molecular weight excluding hydrogens is 308 g/mol. The molecule has 0 bridgehead atoms. The Hall–Kier alpha value is -2.65. The van der Waals surface area contributed by atoms with Gasteiger partial charge in [0.2, 0.25) is 5.91 Å². The highest BCUT2D eigenvalue weighted by Gasteiger charge is 1.98. The Morgan fingerprint density at radius 3 is 2.52 bits per heavy atom. The molecule has 0 aliphatic heterocycles. The van der Waals surface area contributed by atoms with Crippen LogP contribution in [0.25, 0.3) is 23.1 Å². The number of hydrogen-bond acceptors (Lipinski definition) is 2. The van der Waals surface area contributed by atoms with Gasteiger partial charge in [-0.1, -0.05) is 41.9 Å². The summed E-state index contributed by atoms with van der Waals surface area (Å²) in [7, 11) is 0. The molecule has 3 aromatic rings. The van der Waals surface area contributed by atoms with Crippen molar-refractivity contribution in [2.45, 2.75) is 6.92 Å². The van der Waals surface area contributed by atoms with Gasteiger partial charge in [-0.3, -0.25) is 4.79 Å². The molecule has 0 aliphatic rings. The summed E-state index contributed by atoms with van der Waals surface area (Å²) in [6, 6.07) is 17.3. The van der Waals surface area contributed by atoms with Crippen molar-refractivity contribution < 1.29 is 4.79 Å². The van der Waals surface area contributed by atoms with Crippen LogP contribution in [0, 0.1) is 0 Å². The number of amides is 1. The van der Waals surface area contributed by atoms with E-state index in [1.54, 1.807) is 0 Å². The van der Waals surface area contributed by atoms with Crippen LogP contribution >= 0.6 is 11.6 Å². The number of carbonyl (C=O) groups is 1. The van der Waals surface area contributed by atoms with E-state index in [9.17, 15) is 4.79 Å². The van der Waals surface area contributed by atoms with E-state index in [1.807, 2.05) is 66.7 Å². The largest absolute Gasteiger partial charge is 0.326 e. The van der Waals surface area contributed by atoms with Crippen LogP contribution in [0.1, 0.15) is 18.2 Å². The predicted octanol–water partition coefficient (Wildman–Crippen LogP) is 5.02. The van der Waals surface area contributed by atoms with Crippen molar-refractivity contribution in [3.8, 4) is 0 Å². The maximum Gasteiger partial charge on any atom is 0.221 e. The number of rotatable bonds is 3. The molecule has 0 radical (unpaired) electrons. The molecule has 0 unspecified atom stereocenters. The van der Waals surface area contributed by atoms with Crippen molar-refractivity contribution in [1.29, 1.82) is 0 Å². The first-order valence-electron chi connectivity index (χ1n) is 7.22. The van der Waals surface area contributed by atoms with Crippen LogP contribution < -0.4 is 5.32 Å². The summed E-state index contributed by atoms with van der Waals surface area (Å²) in [6.07, 6.45) is 3.93. The lowest BCUT2D eigenvalue weighted by molar-refractivity contribution is -0.114. The number of halogens is 1. The first kappa shape index (κ1) is 15.3. The smallest absolute Gasteiger partial charge is 0.221 e. The van der Waals surface area contributed by atoms with Crippen LogP contribution in [0.5, 0.6) is 0 Å². The third-order valence-electron chi connectivity index (χ3n) is 3.35. The third-order valence-corrected chi connectivity index (χ3v) is 3.59. The van der Waals surface area contributed by atoms with E-state index in [4.69, 9.17) is 11.6 Å². The summed E-state index contributed by atoms with van der Waals surface area (Å²) in [5.41, 5.74) is 3.56. The topological polar surface area (TPSA) is 42.0 Å². The van der Waals surface area contributed by atoms with Gasteiger partial charge in [0.1, 0.15) is 0 Å². The zero-order valence-corrected chi connectivity index (χ0v) is 13.3. The van der Waals surface area contributed by atoms with Gasteiger partial charge in [0.15, 0.2) is 0 Å². The standard InChI is InChI=1S/C19H15ClN2O/c1-13(23)21-17-8-2-14(3-9-17)4-10-18-11-6-15-5-7-16(20)12-19(15)22-18/h2-12H,1H3,(H,21,23)/b10-4+. The van der Waals surface area contributed by atoms with Gasteiger partial charge >= 0.3 is 0 Å². The van der Waals surface area contributed by atoms with Gasteiger partial charge in [-0.05, 0) is 42.0 Å². The van der Waals surface area contributed by atoms with Crippen molar-refractivity contribution in [2.75, 3.05) is 5.32 Å². The lowest BCUT2D eigenvalue weighted by atomic mass is 10.1. The van der Waals surface area contributed by atoms with E-state index in [-0.39, 0.29) is 5.91 Å². The minimum atomic E-state index is -0.0766. The Bertz CT molecular complexity index is 886. The second kappa shape index (κ2) is 6.63. The third kappa shape index (κ3) is 3.96. The van der Waals surface area contributed by atoms with Gasteiger partial charge in [0, 0.05) is 23.0 Å². The van der Waals surface area contributed by atoms with Gasteiger partial charge in [-0.2, -0.15) is 0 Å². The van der Waals surface area contributed by atoms with Gasteiger partial charge < -0.3 is 5.32 Å². The SMILES string of the molecule is CC(=O)Nc1ccc(/C=C/c2ccc3ccc(Cl)cc3n2)cc1. The molecule has 114 valence electrons. The van der Waals surface area contributed by atoms with Gasteiger partial charge in [0.05, 0.1) is 11.2 Å². The molecule has 4 heteroatoms. The Morgan fingerprint density at radius 1 is 1.04 bits per heavy atom. The van der Waals surface area contributed by atoms with E-state index in [0.717, 1.165) is 27.8 Å². The van der Waals surface area contributed by atoms with E-state index in [1.165, 1.54) is 6.92 Å². The molecule has 2 aromatic carbocycles. The molecule has 1 amide bonds. The quantitative estimate of drug-likeness (QED) is 0.736. The molecule has 23 heavy (non-hydrogen) atoms. The molecule has 0 saturated carbocycles. The second-order valence-corrected chi connectivity index (χ2v) is 5.65. The van der Waals surface area contributed by atoms with Crippen molar-refractivity contribution in [3.05, 3.63) is 70.9 Å². The van der Waals surface area contributed by atoms with Gasteiger partial charge in [0.25, 0.3) is 0 Å². The highest BCUT2D eigenvalue weighted by atomic mass is 35.5. The lowest BCUT2D eigenvalue weighted by Crippen LogP contribution is -2.05. The van der Waals surface area contributed by atoms with Crippen molar-refractivity contribution in [2.24, 2.45) is 0 Å². The van der Waals surface area contributed by atoms with E-state index in [2.05, 4.69) is 10.3 Å². The number of hydrogen-bond donors (Lipinski definition) is 1. The molecule has 3 rings (SSSR count). The van der Waals surface area contributed by atoms with Crippen molar-refractivity contribution >= 4 is 46.3 Å². The summed E-state index contributed by atoms with van der Waals surface area (Å²) < 4.78 is 0. The predicted molar refractivity (Wildman–Crippen MR) is 96.4 cm³/mol. The summed E-state index contributed by atoms with van der Waals surface area (Å²) in [5, 5.41) is 4.48. The Balaban J connectivity index is 1.80. The van der Waals surface area contributed by atoms with Crippen LogP contribution in [0.15, 0.2) is 54.6 Å². The number of anilines is 1. The maximum absolute atomic E-state index is 11.0. The fraction of sp³-hybridized carbons (Fsp3) is 0.0526. The number of carbonyl (C=O) groups excluding carboxylic acids is 1. The summed E-state index contributed by atoms with van der Waals surface area (Å²) >= 11 is 6.01. The Morgan fingerprint density at radius 2 is 1.78 bits per heavy atom. The zero-order chi connectivity index (χ0) is 16.2. The van der Waals surface area contributed by atoms with Gasteiger partial charge in [-0.25, -0.2) is 4.98 Å². The molecule has 3 nitrogen and oxygen atoms in total. The Kier molecular flexibility index (Phi) is 4.40. The number of nitrogens with zero attached hydrogens (tertiary/aromatic N) is 1. The molecule has 1 N–H and O–H groups in total. The van der Waals surface area contributed by atoms with Crippen LogP contribution in [0.3, 0.4) is 0 Å². The van der Waals surface area contributed by atoms with Crippen LogP contribution in [0.2, 0.25) is 5.02 Å². The molecule has 0 aliphatic carbocycles. The lowest BCUT2D eigenvalue weighted by Gasteiger charge is -2.02. The molecule has 0 fully saturated rings. The number of benzene rings is 2. The fourth-order valence-corrected chi connectivity index (χ4v) is 2.43. The molecule has 0 atom stereocenters. The molecule has 0 saturated heterocycles. The molecule has 1 aromatic heterocycles. The van der Waals surface area contributed by atoms with Crippen molar-refractivity contribution in [1.82, 2.24) is 4.98 Å². The molecular formula is C19H15ClN2O. The summed E-state index contributed by atoms with van der Waals surface area (Å²) in [6.45, 7) is 1.49. The summed E-state index contributed by atoms with van der Waals surface area (Å²) in [4.78, 5) is 15.6. The Labute approximate surface area is 139 Å². The number of pyridine rings is 1. The first-order chi connectivity index (χ1) is 11.1. The monoisotopic (exact) mass is 322 g/mol. The van der Waals surface area contributed by atoms with E-state index >= 15 is 0 Å². The van der Waals surface area contributed by atoms with Gasteiger partial charge in [-0.15, -0.1) is 0 Å². The highest BCUT2D eigenvalue weighted by molar-refractivity contribution is 6.31. The average Bonchev–Trinajstić information content (AvgIpc) is 2.53. The minimum Gasteiger partial charge on any atom is -0.326 e. The molecule has 1 heterocycles. The van der Waals surface area contributed by atoms with Crippen molar-refractivity contribution in [3.63, 3.8) is 0 Å². The number of nitrogens with one attached hydrogen (secondary N) is 1. The second-order valence-electron chi connectivity index (χ2n) is 5.21. The zero-order valence-electron chi connectivity index (χ0n) is 12.6. The average molecular weight is 323 g/mol. The molecule has 0 spiro atoms. The number of aromatic nitrogens is 1. The maximum atomic E-state index is 11.0.